The minimum Gasteiger partial charge on any atom is -0.454 e. The number of anilines is 1. The molecule has 1 heterocycles. The molecule has 1 aliphatic heterocycles. The summed E-state index contributed by atoms with van der Waals surface area (Å²) in [6, 6.07) is 9.93. The van der Waals surface area contributed by atoms with Gasteiger partial charge in [-0.1, -0.05) is 17.7 Å². The largest absolute Gasteiger partial charge is 0.454 e. The Morgan fingerprint density at radius 2 is 2.00 bits per heavy atom. The van der Waals surface area contributed by atoms with Crippen LogP contribution in [-0.2, 0) is 6.54 Å². The van der Waals surface area contributed by atoms with Crippen LogP contribution in [0.2, 0.25) is 5.02 Å². The Morgan fingerprint density at radius 1 is 1.19 bits per heavy atom. The van der Waals surface area contributed by atoms with Crippen molar-refractivity contribution in [1.82, 2.24) is 0 Å². The fraction of sp³-hybridized carbons (Fsp3) is 0.143. The van der Waals surface area contributed by atoms with Crippen LogP contribution in [0.25, 0.3) is 0 Å². The number of nitro groups is 1. The third-order valence-electron chi connectivity index (χ3n) is 3.08. The first-order chi connectivity index (χ1) is 10.1. The average molecular weight is 307 g/mol. The topological polar surface area (TPSA) is 73.6 Å². The van der Waals surface area contributed by atoms with E-state index in [9.17, 15) is 10.1 Å². The highest BCUT2D eigenvalue weighted by molar-refractivity contribution is 6.31. The SMILES string of the molecule is O=[N+]([O-])c1ccc(Cl)cc1NCc1ccc2c(c1)OCO2. The molecule has 0 spiro atoms. The van der Waals surface area contributed by atoms with Crippen LogP contribution in [0.4, 0.5) is 11.4 Å². The number of hydrogen-bond donors (Lipinski definition) is 1. The van der Waals surface area contributed by atoms with Crippen LogP contribution in [0.1, 0.15) is 5.56 Å². The van der Waals surface area contributed by atoms with Crippen molar-refractivity contribution in [1.29, 1.82) is 0 Å². The first kappa shape index (κ1) is 13.5. The predicted molar refractivity (Wildman–Crippen MR) is 78.0 cm³/mol. The van der Waals surface area contributed by atoms with Crippen LogP contribution >= 0.6 is 11.6 Å². The molecule has 0 saturated heterocycles. The number of hydrogen-bond acceptors (Lipinski definition) is 5. The standard InChI is InChI=1S/C14H11ClN2O4/c15-10-2-3-12(17(18)19)11(6-10)16-7-9-1-4-13-14(5-9)21-8-20-13/h1-6,16H,7-8H2. The van der Waals surface area contributed by atoms with Gasteiger partial charge in [0.25, 0.3) is 5.69 Å². The minimum absolute atomic E-state index is 0.0138. The summed E-state index contributed by atoms with van der Waals surface area (Å²) in [5.74, 6) is 1.38. The van der Waals surface area contributed by atoms with Crippen LogP contribution in [-0.4, -0.2) is 11.7 Å². The summed E-state index contributed by atoms with van der Waals surface area (Å²) in [4.78, 5) is 10.5. The second kappa shape index (κ2) is 5.49. The van der Waals surface area contributed by atoms with Gasteiger partial charge in [-0.05, 0) is 29.8 Å². The molecular weight excluding hydrogens is 296 g/mol. The predicted octanol–water partition coefficient (Wildman–Crippen LogP) is 3.59. The van der Waals surface area contributed by atoms with Crippen LogP contribution in [0.5, 0.6) is 11.5 Å². The van der Waals surface area contributed by atoms with Gasteiger partial charge in [0.05, 0.1) is 4.92 Å². The van der Waals surface area contributed by atoms with Crippen LogP contribution in [0.15, 0.2) is 36.4 Å². The van der Waals surface area contributed by atoms with Gasteiger partial charge >= 0.3 is 0 Å². The zero-order valence-electron chi connectivity index (χ0n) is 10.8. The highest BCUT2D eigenvalue weighted by Gasteiger charge is 2.15. The zero-order valence-corrected chi connectivity index (χ0v) is 11.6. The van der Waals surface area contributed by atoms with Gasteiger partial charge in [-0.2, -0.15) is 0 Å². The second-order valence-corrected chi connectivity index (χ2v) is 4.90. The summed E-state index contributed by atoms with van der Waals surface area (Å²) >= 11 is 5.88. The van der Waals surface area contributed by atoms with Crippen molar-refractivity contribution in [2.75, 3.05) is 12.1 Å². The molecule has 0 unspecified atom stereocenters. The molecule has 0 radical (unpaired) electrons. The molecule has 0 fully saturated rings. The van der Waals surface area contributed by atoms with E-state index in [0.29, 0.717) is 28.8 Å². The lowest BCUT2D eigenvalue weighted by Gasteiger charge is -2.08. The molecule has 2 aromatic carbocycles. The molecular formula is C14H11ClN2O4. The maximum atomic E-state index is 11.0. The monoisotopic (exact) mass is 306 g/mol. The van der Waals surface area contributed by atoms with Gasteiger partial charge in [0.15, 0.2) is 11.5 Å². The van der Waals surface area contributed by atoms with Crippen molar-refractivity contribution >= 4 is 23.0 Å². The molecule has 0 saturated carbocycles. The highest BCUT2D eigenvalue weighted by Crippen LogP contribution is 2.33. The molecule has 0 aliphatic carbocycles. The van der Waals surface area contributed by atoms with Crippen LogP contribution in [0.3, 0.4) is 0 Å². The fourth-order valence-electron chi connectivity index (χ4n) is 2.06. The van der Waals surface area contributed by atoms with Crippen molar-refractivity contribution in [2.45, 2.75) is 6.54 Å². The van der Waals surface area contributed by atoms with Gasteiger partial charge in [0, 0.05) is 17.6 Å². The molecule has 0 atom stereocenters. The van der Waals surface area contributed by atoms with Crippen molar-refractivity contribution in [2.24, 2.45) is 0 Å². The van der Waals surface area contributed by atoms with E-state index >= 15 is 0 Å². The molecule has 1 N–H and O–H groups in total. The summed E-state index contributed by atoms with van der Waals surface area (Å²) in [5.41, 5.74) is 1.29. The molecule has 0 aromatic heterocycles. The minimum atomic E-state index is -0.446. The first-order valence-electron chi connectivity index (χ1n) is 6.20. The van der Waals surface area contributed by atoms with Crippen LogP contribution in [0, 0.1) is 10.1 Å². The molecule has 21 heavy (non-hydrogen) atoms. The van der Waals surface area contributed by atoms with E-state index < -0.39 is 4.92 Å². The fourth-order valence-corrected chi connectivity index (χ4v) is 2.23. The zero-order chi connectivity index (χ0) is 14.8. The number of rotatable bonds is 4. The Bertz CT molecular complexity index is 705. The van der Waals surface area contributed by atoms with Gasteiger partial charge in [-0.3, -0.25) is 10.1 Å². The van der Waals surface area contributed by atoms with E-state index in [-0.39, 0.29) is 12.5 Å². The number of ether oxygens (including phenoxy) is 2. The number of fused-ring (bicyclic) bond motifs is 1. The molecule has 6 nitrogen and oxygen atoms in total. The lowest BCUT2D eigenvalue weighted by molar-refractivity contribution is -0.384. The normalized spacial score (nSPS) is 12.2. The Balaban J connectivity index is 1.78. The molecule has 3 rings (SSSR count). The third kappa shape index (κ3) is 2.85. The molecule has 0 amide bonds. The Kier molecular flexibility index (Phi) is 3.53. The van der Waals surface area contributed by atoms with E-state index in [0.717, 1.165) is 5.56 Å². The summed E-state index contributed by atoms with van der Waals surface area (Å²) in [6.07, 6.45) is 0. The smallest absolute Gasteiger partial charge is 0.292 e. The Morgan fingerprint density at radius 3 is 2.81 bits per heavy atom. The number of nitro benzene ring substituents is 1. The first-order valence-corrected chi connectivity index (χ1v) is 6.57. The highest BCUT2D eigenvalue weighted by atomic mass is 35.5. The number of halogens is 1. The summed E-state index contributed by atoms with van der Waals surface area (Å²) in [5, 5.41) is 14.4. The maximum Gasteiger partial charge on any atom is 0.292 e. The van der Waals surface area contributed by atoms with Gasteiger partial charge in [-0.15, -0.1) is 0 Å². The van der Waals surface area contributed by atoms with Gasteiger partial charge in [0.1, 0.15) is 5.69 Å². The lowest BCUT2D eigenvalue weighted by atomic mass is 10.2. The second-order valence-electron chi connectivity index (χ2n) is 4.46. The molecule has 0 bridgehead atoms. The van der Waals surface area contributed by atoms with Crippen molar-refractivity contribution < 1.29 is 14.4 Å². The molecule has 1 aliphatic rings. The number of nitrogens with one attached hydrogen (secondary N) is 1. The van der Waals surface area contributed by atoms with Gasteiger partial charge < -0.3 is 14.8 Å². The van der Waals surface area contributed by atoms with E-state index in [2.05, 4.69) is 5.32 Å². The maximum absolute atomic E-state index is 11.0. The molecule has 2 aromatic rings. The quantitative estimate of drug-likeness (QED) is 0.690. The number of benzene rings is 2. The Hall–Kier alpha value is -2.47. The van der Waals surface area contributed by atoms with Crippen LogP contribution < -0.4 is 14.8 Å². The van der Waals surface area contributed by atoms with E-state index in [1.807, 2.05) is 18.2 Å². The molecule has 7 heteroatoms. The third-order valence-corrected chi connectivity index (χ3v) is 3.31. The van der Waals surface area contributed by atoms with E-state index in [4.69, 9.17) is 21.1 Å². The summed E-state index contributed by atoms with van der Waals surface area (Å²) in [6.45, 7) is 0.629. The van der Waals surface area contributed by atoms with E-state index in [1.165, 1.54) is 18.2 Å². The van der Waals surface area contributed by atoms with Crippen molar-refractivity contribution in [3.05, 3.63) is 57.1 Å². The van der Waals surface area contributed by atoms with E-state index in [1.54, 1.807) is 0 Å². The average Bonchev–Trinajstić information content (AvgIpc) is 2.92. The Labute approximate surface area is 125 Å². The summed E-state index contributed by atoms with van der Waals surface area (Å²) in [7, 11) is 0. The van der Waals surface area contributed by atoms with Gasteiger partial charge in [-0.25, -0.2) is 0 Å². The lowest BCUT2D eigenvalue weighted by Crippen LogP contribution is -2.02. The van der Waals surface area contributed by atoms with Gasteiger partial charge in [0.2, 0.25) is 6.79 Å². The van der Waals surface area contributed by atoms with Crippen molar-refractivity contribution in [3.8, 4) is 11.5 Å². The number of nitrogens with zero attached hydrogens (tertiary/aromatic N) is 1. The van der Waals surface area contributed by atoms with Crippen molar-refractivity contribution in [3.63, 3.8) is 0 Å². The molecule has 108 valence electrons. The summed E-state index contributed by atoms with van der Waals surface area (Å²) < 4.78 is 10.5.